The number of ketones is 2. The molecule has 4 aliphatic rings. The van der Waals surface area contributed by atoms with E-state index in [0.717, 1.165) is 6.42 Å². The quantitative estimate of drug-likeness (QED) is 0.510. The number of unbranched alkanes of at least 4 members (excludes halogenated alkanes) is 1. The third-order valence-electron chi connectivity index (χ3n) is 9.43. The van der Waals surface area contributed by atoms with Gasteiger partial charge in [-0.15, -0.1) is 12.4 Å². The summed E-state index contributed by atoms with van der Waals surface area (Å²) in [6.07, 6.45) is 3.20. The van der Waals surface area contributed by atoms with Crippen LogP contribution in [0.2, 0.25) is 0 Å². The molecule has 9 atom stereocenters. The Labute approximate surface area is 212 Å². The van der Waals surface area contributed by atoms with Gasteiger partial charge in [-0.3, -0.25) is 14.4 Å². The molecular weight excluding hydrogens is 478 g/mol. The number of hydrogen-bond acceptors (Lipinski definition) is 5. The van der Waals surface area contributed by atoms with Gasteiger partial charge in [0.25, 0.3) is 0 Å². The Kier molecular flexibility index (Phi) is 7.75. The minimum absolute atomic E-state index is 0. The van der Waals surface area contributed by atoms with Crippen molar-refractivity contribution in [1.82, 2.24) is 0 Å². The molecule has 3 fully saturated rings. The van der Waals surface area contributed by atoms with Crippen molar-refractivity contribution in [3.8, 4) is 0 Å². The first-order valence-electron chi connectivity index (χ1n) is 12.5. The molecule has 0 amide bonds. The molecule has 0 spiro atoms. The van der Waals surface area contributed by atoms with Crippen molar-refractivity contribution in [2.24, 2.45) is 34.5 Å². The fourth-order valence-corrected chi connectivity index (χ4v) is 7.89. The Morgan fingerprint density at radius 1 is 1.23 bits per heavy atom. The van der Waals surface area contributed by atoms with Crippen LogP contribution in [0.5, 0.6) is 0 Å². The summed E-state index contributed by atoms with van der Waals surface area (Å²) < 4.78 is 37.7. The number of aliphatic hydroxyl groups is 1. The monoisotopic (exact) mass is 514 g/mol. The highest BCUT2D eigenvalue weighted by Gasteiger charge is 2.73. The van der Waals surface area contributed by atoms with Gasteiger partial charge >= 0.3 is 5.97 Å². The van der Waals surface area contributed by atoms with Crippen LogP contribution < -0.4 is 0 Å². The van der Waals surface area contributed by atoms with Crippen molar-refractivity contribution in [3.63, 3.8) is 0 Å². The van der Waals surface area contributed by atoms with Crippen LogP contribution in [0.1, 0.15) is 66.2 Å². The summed E-state index contributed by atoms with van der Waals surface area (Å²) in [5.41, 5.74) is -4.21. The minimum Gasteiger partial charge on any atom is -0.458 e. The molecule has 4 aliphatic carbocycles. The van der Waals surface area contributed by atoms with Gasteiger partial charge in [0.05, 0.1) is 6.10 Å². The lowest BCUT2D eigenvalue weighted by atomic mass is 9.45. The van der Waals surface area contributed by atoms with Crippen molar-refractivity contribution < 1.29 is 33.0 Å². The van der Waals surface area contributed by atoms with Crippen LogP contribution >= 0.6 is 12.4 Å². The van der Waals surface area contributed by atoms with Crippen LogP contribution in [0.4, 0.5) is 8.78 Å². The molecule has 0 aromatic carbocycles. The average Bonchev–Trinajstić information content (AvgIpc) is 3.03. The fraction of sp³-hybridized carbons (Fsp3) is 0.741. The number of ether oxygens (including phenoxy) is 1. The summed E-state index contributed by atoms with van der Waals surface area (Å²) in [5.74, 6) is -2.75. The lowest BCUT2D eigenvalue weighted by Gasteiger charge is -2.62. The number of allylic oxidation sites excluding steroid dienone is 4. The van der Waals surface area contributed by atoms with Crippen LogP contribution in [0.25, 0.3) is 0 Å². The second kappa shape index (κ2) is 9.70. The van der Waals surface area contributed by atoms with Gasteiger partial charge in [0.1, 0.15) is 12.8 Å². The molecule has 0 unspecified atom stereocenters. The average molecular weight is 515 g/mol. The zero-order valence-electron chi connectivity index (χ0n) is 20.9. The normalized spacial score (nSPS) is 43.9. The van der Waals surface area contributed by atoms with Crippen molar-refractivity contribution >= 4 is 29.9 Å². The van der Waals surface area contributed by atoms with Gasteiger partial charge < -0.3 is 9.84 Å². The van der Waals surface area contributed by atoms with Gasteiger partial charge in [-0.2, -0.15) is 0 Å². The molecule has 1 N–H and O–H groups in total. The molecule has 3 saturated carbocycles. The standard InChI is InChI=1S/C27H36F2O5.ClH/c1-5-6-7-23(33)34-14-21(31)24-15(2)10-17-18-12-20(28)19-11-16(30)8-9-26(19,4)27(18,29)22(32)13-25(17,24)3;/h8-9,11,15,17-18,20,22,24,32H,5-7,10,12-14H2,1-4H3;1H/t15-,17+,18+,20+,22+,24-,25+,26+,27+;/m1./s1. The molecule has 8 heteroatoms. The molecule has 5 nitrogen and oxygen atoms in total. The summed E-state index contributed by atoms with van der Waals surface area (Å²) in [4.78, 5) is 37.1. The molecule has 0 aromatic heterocycles. The second-order valence-electron chi connectivity index (χ2n) is 11.4. The van der Waals surface area contributed by atoms with Gasteiger partial charge in [0.15, 0.2) is 17.2 Å². The number of carbonyl (C=O) groups is 3. The lowest BCUT2D eigenvalue weighted by Crippen LogP contribution is -2.68. The van der Waals surface area contributed by atoms with Gasteiger partial charge in [-0.25, -0.2) is 8.78 Å². The number of rotatable bonds is 6. The van der Waals surface area contributed by atoms with Crippen molar-refractivity contribution in [2.45, 2.75) is 84.2 Å². The van der Waals surface area contributed by atoms with Crippen LogP contribution in [-0.2, 0) is 19.1 Å². The van der Waals surface area contributed by atoms with Crippen molar-refractivity contribution in [3.05, 3.63) is 23.8 Å². The zero-order chi connectivity index (χ0) is 25.1. The number of esters is 1. The number of aliphatic hydroxyl groups excluding tert-OH is 1. The molecule has 0 saturated heterocycles. The van der Waals surface area contributed by atoms with E-state index in [0.29, 0.717) is 12.8 Å². The first-order valence-corrected chi connectivity index (χ1v) is 12.5. The predicted octanol–water partition coefficient (Wildman–Crippen LogP) is 4.89. The number of Topliss-reactive ketones (excluding diaryl/α,β-unsaturated/α-hetero) is 1. The van der Waals surface area contributed by atoms with E-state index in [4.69, 9.17) is 4.74 Å². The van der Waals surface area contributed by atoms with Gasteiger partial charge in [0, 0.05) is 23.7 Å². The molecule has 0 aliphatic heterocycles. The maximum absolute atomic E-state index is 17.1. The van der Waals surface area contributed by atoms with Crippen LogP contribution in [0.3, 0.4) is 0 Å². The number of halogens is 3. The van der Waals surface area contributed by atoms with E-state index < -0.39 is 46.6 Å². The number of hydrogen-bond donors (Lipinski definition) is 1. The molecule has 0 radical (unpaired) electrons. The molecule has 4 rings (SSSR count). The second-order valence-corrected chi connectivity index (χ2v) is 11.4. The highest BCUT2D eigenvalue weighted by atomic mass is 35.5. The maximum atomic E-state index is 17.1. The van der Waals surface area contributed by atoms with Crippen LogP contribution in [-0.4, -0.2) is 47.2 Å². The SMILES string of the molecule is CCCCC(=O)OCC(=O)[C@H]1[C@H](C)C[C@H]2[C@@H]3C[C@H](F)C4=CC(=O)C=C[C@]4(C)[C@@]3(F)[C@@H](O)C[C@@]21C.Cl. The van der Waals surface area contributed by atoms with Crippen LogP contribution in [0, 0.1) is 34.5 Å². The summed E-state index contributed by atoms with van der Waals surface area (Å²) >= 11 is 0. The first kappa shape index (κ1) is 28.0. The topological polar surface area (TPSA) is 80.7 Å². The van der Waals surface area contributed by atoms with Crippen LogP contribution in [0.15, 0.2) is 23.8 Å². The number of fused-ring (bicyclic) bond motifs is 5. The van der Waals surface area contributed by atoms with Crippen molar-refractivity contribution in [1.29, 1.82) is 0 Å². The smallest absolute Gasteiger partial charge is 0.306 e. The van der Waals surface area contributed by atoms with E-state index in [2.05, 4.69) is 0 Å². The number of alkyl halides is 2. The van der Waals surface area contributed by atoms with E-state index in [9.17, 15) is 19.5 Å². The largest absolute Gasteiger partial charge is 0.458 e. The van der Waals surface area contributed by atoms with Crippen molar-refractivity contribution in [2.75, 3.05) is 6.61 Å². The third-order valence-corrected chi connectivity index (χ3v) is 9.43. The maximum Gasteiger partial charge on any atom is 0.306 e. The Morgan fingerprint density at radius 3 is 2.57 bits per heavy atom. The Balaban J connectivity index is 0.00000342. The Hall–Kier alpha value is -1.60. The lowest BCUT2D eigenvalue weighted by molar-refractivity contribution is -0.202. The summed E-state index contributed by atoms with van der Waals surface area (Å²) in [5, 5.41) is 11.3. The zero-order valence-corrected chi connectivity index (χ0v) is 21.7. The first-order chi connectivity index (χ1) is 15.9. The van der Waals surface area contributed by atoms with E-state index in [-0.39, 0.29) is 67.3 Å². The van der Waals surface area contributed by atoms with E-state index in [1.807, 2.05) is 20.8 Å². The molecule has 196 valence electrons. The number of carbonyl (C=O) groups excluding carboxylic acids is 3. The predicted molar refractivity (Wildman–Crippen MR) is 129 cm³/mol. The molecule has 0 aromatic rings. The molecular formula is C27H37ClF2O5. The summed E-state index contributed by atoms with van der Waals surface area (Å²) in [6.45, 7) is 7.03. The van der Waals surface area contributed by atoms with Gasteiger partial charge in [-0.05, 0) is 67.6 Å². The van der Waals surface area contributed by atoms with E-state index >= 15 is 8.78 Å². The summed E-state index contributed by atoms with van der Waals surface area (Å²) in [6, 6.07) is 0. The Morgan fingerprint density at radius 2 is 1.91 bits per heavy atom. The molecule has 0 bridgehead atoms. The van der Waals surface area contributed by atoms with Gasteiger partial charge in [-0.1, -0.05) is 33.3 Å². The Bertz CT molecular complexity index is 950. The summed E-state index contributed by atoms with van der Waals surface area (Å²) in [7, 11) is 0. The molecule has 0 heterocycles. The van der Waals surface area contributed by atoms with Gasteiger partial charge in [0.2, 0.25) is 0 Å². The highest BCUT2D eigenvalue weighted by molar-refractivity contribution is 6.01. The molecule has 35 heavy (non-hydrogen) atoms. The van der Waals surface area contributed by atoms with E-state index in [1.165, 1.54) is 18.2 Å². The third kappa shape index (κ3) is 4.11. The highest BCUT2D eigenvalue weighted by Crippen LogP contribution is 2.70. The fourth-order valence-electron chi connectivity index (χ4n) is 7.89. The minimum atomic E-state index is -2.15. The van der Waals surface area contributed by atoms with E-state index in [1.54, 1.807) is 6.92 Å².